The number of ether oxygens (including phenoxy) is 1. The first-order valence-electron chi connectivity index (χ1n) is 8.66. The molecule has 1 unspecified atom stereocenters. The van der Waals surface area contributed by atoms with Gasteiger partial charge in [-0.25, -0.2) is 0 Å². The lowest BCUT2D eigenvalue weighted by molar-refractivity contribution is 0.0615. The van der Waals surface area contributed by atoms with Crippen molar-refractivity contribution in [3.05, 3.63) is 65.7 Å². The van der Waals surface area contributed by atoms with E-state index in [0.717, 1.165) is 18.8 Å². The maximum atomic E-state index is 10.4. The van der Waals surface area contributed by atoms with Crippen molar-refractivity contribution in [1.82, 2.24) is 4.90 Å². The molecule has 0 fully saturated rings. The van der Waals surface area contributed by atoms with E-state index in [1.54, 1.807) is 0 Å². The van der Waals surface area contributed by atoms with Gasteiger partial charge in [-0.2, -0.15) is 0 Å². The number of hydrogen-bond acceptors (Lipinski definition) is 3. The van der Waals surface area contributed by atoms with Crippen LogP contribution in [0.3, 0.4) is 0 Å². The van der Waals surface area contributed by atoms with Crippen molar-refractivity contribution in [2.24, 2.45) is 5.92 Å². The second kappa shape index (κ2) is 9.45. The Morgan fingerprint density at radius 1 is 1.00 bits per heavy atom. The molecule has 0 aliphatic heterocycles. The van der Waals surface area contributed by atoms with E-state index in [1.165, 1.54) is 11.1 Å². The van der Waals surface area contributed by atoms with Gasteiger partial charge < -0.3 is 9.84 Å². The third-order valence-electron chi connectivity index (χ3n) is 3.77. The van der Waals surface area contributed by atoms with Gasteiger partial charge in [0.2, 0.25) is 0 Å². The largest absolute Gasteiger partial charge is 0.491 e. The first kappa shape index (κ1) is 18.5. The average molecular weight is 327 g/mol. The maximum Gasteiger partial charge on any atom is 0.119 e. The van der Waals surface area contributed by atoms with E-state index in [0.29, 0.717) is 19.1 Å². The van der Waals surface area contributed by atoms with Crippen LogP contribution in [0.5, 0.6) is 5.75 Å². The Morgan fingerprint density at radius 2 is 1.75 bits per heavy atom. The molecule has 3 heteroatoms. The lowest BCUT2D eigenvalue weighted by atomic mass is 10.1. The van der Waals surface area contributed by atoms with Gasteiger partial charge in [-0.3, -0.25) is 4.90 Å². The fraction of sp³-hybridized carbons (Fsp3) is 0.429. The molecule has 0 aromatic heterocycles. The predicted molar refractivity (Wildman–Crippen MR) is 99.2 cm³/mol. The minimum atomic E-state index is -0.506. The first-order valence-corrected chi connectivity index (χ1v) is 8.66. The quantitative estimate of drug-likeness (QED) is 0.758. The molecule has 2 aromatic rings. The van der Waals surface area contributed by atoms with Crippen molar-refractivity contribution in [2.75, 3.05) is 19.7 Å². The Kier molecular flexibility index (Phi) is 7.29. The van der Waals surface area contributed by atoms with Crippen LogP contribution in [-0.4, -0.2) is 35.8 Å². The molecule has 24 heavy (non-hydrogen) atoms. The molecule has 0 saturated carbocycles. The SMILES string of the molecule is Cc1cccc(CN(CC(C)C)CC(O)COc2ccccc2)c1. The van der Waals surface area contributed by atoms with Gasteiger partial charge in [-0.1, -0.05) is 61.9 Å². The van der Waals surface area contributed by atoms with Crippen molar-refractivity contribution in [3.8, 4) is 5.75 Å². The van der Waals surface area contributed by atoms with E-state index >= 15 is 0 Å². The van der Waals surface area contributed by atoms with E-state index in [9.17, 15) is 5.11 Å². The molecule has 3 nitrogen and oxygen atoms in total. The average Bonchev–Trinajstić information content (AvgIpc) is 2.53. The summed E-state index contributed by atoms with van der Waals surface area (Å²) in [5, 5.41) is 10.4. The molecule has 2 aromatic carbocycles. The molecule has 0 heterocycles. The van der Waals surface area contributed by atoms with E-state index in [2.05, 4.69) is 49.9 Å². The zero-order valence-electron chi connectivity index (χ0n) is 15.0. The van der Waals surface area contributed by atoms with Gasteiger partial charge in [-0.05, 0) is 30.5 Å². The topological polar surface area (TPSA) is 32.7 Å². The third-order valence-corrected chi connectivity index (χ3v) is 3.77. The fourth-order valence-corrected chi connectivity index (χ4v) is 2.85. The Labute approximate surface area is 145 Å². The summed E-state index contributed by atoms with van der Waals surface area (Å²) >= 11 is 0. The Morgan fingerprint density at radius 3 is 2.42 bits per heavy atom. The number of nitrogens with zero attached hydrogens (tertiary/aromatic N) is 1. The highest BCUT2D eigenvalue weighted by atomic mass is 16.5. The van der Waals surface area contributed by atoms with Crippen LogP contribution in [0.2, 0.25) is 0 Å². The molecule has 0 amide bonds. The van der Waals surface area contributed by atoms with Crippen LogP contribution in [0.25, 0.3) is 0 Å². The molecule has 0 aliphatic carbocycles. The molecule has 0 saturated heterocycles. The maximum absolute atomic E-state index is 10.4. The highest BCUT2D eigenvalue weighted by Crippen LogP contribution is 2.12. The van der Waals surface area contributed by atoms with Gasteiger partial charge in [0.1, 0.15) is 18.5 Å². The summed E-state index contributed by atoms with van der Waals surface area (Å²) < 4.78 is 5.67. The summed E-state index contributed by atoms with van der Waals surface area (Å²) in [6.07, 6.45) is -0.506. The molecule has 0 aliphatic rings. The summed E-state index contributed by atoms with van der Waals surface area (Å²) in [7, 11) is 0. The molecule has 0 spiro atoms. The lowest BCUT2D eigenvalue weighted by Crippen LogP contribution is -2.37. The Balaban J connectivity index is 1.89. The van der Waals surface area contributed by atoms with Gasteiger partial charge in [-0.15, -0.1) is 0 Å². The van der Waals surface area contributed by atoms with Crippen LogP contribution >= 0.6 is 0 Å². The minimum Gasteiger partial charge on any atom is -0.491 e. The number of aryl methyl sites for hydroxylation is 1. The number of benzene rings is 2. The van der Waals surface area contributed by atoms with Crippen molar-refractivity contribution >= 4 is 0 Å². The molecular formula is C21H29NO2. The second-order valence-electron chi connectivity index (χ2n) is 6.85. The minimum absolute atomic E-state index is 0.312. The smallest absolute Gasteiger partial charge is 0.119 e. The number of aliphatic hydroxyl groups is 1. The molecule has 130 valence electrons. The number of aliphatic hydroxyl groups excluding tert-OH is 1. The third kappa shape index (κ3) is 6.73. The van der Waals surface area contributed by atoms with Crippen molar-refractivity contribution in [2.45, 2.75) is 33.4 Å². The van der Waals surface area contributed by atoms with Gasteiger partial charge >= 0.3 is 0 Å². The predicted octanol–water partition coefficient (Wildman–Crippen LogP) is 3.89. The van der Waals surface area contributed by atoms with Crippen LogP contribution in [0.15, 0.2) is 54.6 Å². The van der Waals surface area contributed by atoms with E-state index in [-0.39, 0.29) is 0 Å². The summed E-state index contributed by atoms with van der Waals surface area (Å²) in [4.78, 5) is 2.30. The highest BCUT2D eigenvalue weighted by molar-refractivity contribution is 5.22. The summed E-state index contributed by atoms with van der Waals surface area (Å²) in [6, 6.07) is 18.2. The van der Waals surface area contributed by atoms with Gasteiger partial charge in [0.15, 0.2) is 0 Å². The summed E-state index contributed by atoms with van der Waals surface area (Å²) in [5.74, 6) is 1.35. The Hall–Kier alpha value is -1.84. The fourth-order valence-electron chi connectivity index (χ4n) is 2.85. The van der Waals surface area contributed by atoms with Crippen LogP contribution in [0.1, 0.15) is 25.0 Å². The molecule has 1 N–H and O–H groups in total. The van der Waals surface area contributed by atoms with E-state index in [4.69, 9.17) is 4.74 Å². The van der Waals surface area contributed by atoms with Gasteiger partial charge in [0.25, 0.3) is 0 Å². The number of hydrogen-bond donors (Lipinski definition) is 1. The van der Waals surface area contributed by atoms with E-state index in [1.807, 2.05) is 30.3 Å². The molecular weight excluding hydrogens is 298 g/mol. The number of para-hydroxylation sites is 1. The first-order chi connectivity index (χ1) is 11.5. The highest BCUT2D eigenvalue weighted by Gasteiger charge is 2.14. The van der Waals surface area contributed by atoms with Crippen molar-refractivity contribution in [3.63, 3.8) is 0 Å². The molecule has 1 atom stereocenters. The van der Waals surface area contributed by atoms with Crippen LogP contribution < -0.4 is 4.74 Å². The standard InChI is InChI=1S/C21H29NO2/c1-17(2)13-22(14-19-9-7-8-18(3)12-19)15-20(23)16-24-21-10-5-4-6-11-21/h4-12,17,20,23H,13-16H2,1-3H3. The van der Waals surface area contributed by atoms with Crippen molar-refractivity contribution in [1.29, 1.82) is 0 Å². The zero-order valence-corrected chi connectivity index (χ0v) is 15.0. The van der Waals surface area contributed by atoms with E-state index < -0.39 is 6.10 Å². The van der Waals surface area contributed by atoms with Crippen molar-refractivity contribution < 1.29 is 9.84 Å². The Bertz CT molecular complexity index is 598. The summed E-state index contributed by atoms with van der Waals surface area (Å²) in [6.45, 7) is 9.25. The summed E-state index contributed by atoms with van der Waals surface area (Å²) in [5.41, 5.74) is 2.55. The monoisotopic (exact) mass is 327 g/mol. The number of rotatable bonds is 9. The van der Waals surface area contributed by atoms with Crippen LogP contribution in [0.4, 0.5) is 0 Å². The molecule has 2 rings (SSSR count). The van der Waals surface area contributed by atoms with Gasteiger partial charge in [0.05, 0.1) is 0 Å². The molecule has 0 bridgehead atoms. The van der Waals surface area contributed by atoms with Gasteiger partial charge in [0, 0.05) is 19.6 Å². The normalized spacial score (nSPS) is 12.6. The van der Waals surface area contributed by atoms with Crippen LogP contribution in [-0.2, 0) is 6.54 Å². The lowest BCUT2D eigenvalue weighted by Gasteiger charge is -2.27. The van der Waals surface area contributed by atoms with Crippen LogP contribution in [0, 0.1) is 12.8 Å². The molecule has 0 radical (unpaired) electrons. The second-order valence-corrected chi connectivity index (χ2v) is 6.85. The zero-order chi connectivity index (χ0) is 17.4.